The number of halogens is 3. The molecular weight excluding hydrogens is 295 g/mol. The summed E-state index contributed by atoms with van der Waals surface area (Å²) in [6, 6.07) is 6.34. The number of hydrogen-bond acceptors (Lipinski definition) is 1. The predicted octanol–water partition coefficient (Wildman–Crippen LogP) is 3.52. The van der Waals surface area contributed by atoms with Crippen LogP contribution in [0.4, 0.5) is 23.7 Å². The lowest BCUT2D eigenvalue weighted by Crippen LogP contribution is -2.79. The van der Waals surface area contributed by atoms with Crippen molar-refractivity contribution in [2.24, 2.45) is 5.41 Å². The highest BCUT2D eigenvalue weighted by Gasteiger charge is 2.79. The summed E-state index contributed by atoms with van der Waals surface area (Å²) < 4.78 is 38.2. The number of rotatable bonds is 3. The van der Waals surface area contributed by atoms with Crippen LogP contribution in [0.3, 0.4) is 0 Å². The Morgan fingerprint density at radius 2 is 2.00 bits per heavy atom. The molecule has 0 atom stereocenters. The molecule has 0 heterocycles. The van der Waals surface area contributed by atoms with Gasteiger partial charge in [-0.25, -0.2) is 9.64 Å². The summed E-state index contributed by atoms with van der Waals surface area (Å²) in [7, 11) is 0. The highest BCUT2D eigenvalue weighted by Crippen LogP contribution is 2.73. The van der Waals surface area contributed by atoms with Crippen LogP contribution in [0.5, 0.6) is 0 Å². The lowest BCUT2D eigenvalue weighted by atomic mass is 9.39. The summed E-state index contributed by atoms with van der Waals surface area (Å²) in [6.45, 7) is 7.15. The maximum atomic E-state index is 12.7. The Bertz CT molecular complexity index is 643. The van der Waals surface area contributed by atoms with E-state index in [1.54, 1.807) is 24.3 Å². The van der Waals surface area contributed by atoms with Gasteiger partial charge in [0.1, 0.15) is 0 Å². The Hall–Kier alpha value is -2.23. The Morgan fingerprint density at radius 1 is 1.32 bits per heavy atom. The molecule has 0 radical (unpaired) electrons. The van der Waals surface area contributed by atoms with Gasteiger partial charge in [-0.15, -0.1) is 0 Å². The molecule has 2 N–H and O–H groups in total. The molecule has 2 amide bonds. The van der Waals surface area contributed by atoms with Crippen molar-refractivity contribution in [3.8, 4) is 0 Å². The average molecular weight is 309 g/mol. The molecule has 0 saturated heterocycles. The first-order valence-electron chi connectivity index (χ1n) is 6.87. The summed E-state index contributed by atoms with van der Waals surface area (Å²) in [4.78, 5) is 15.1. The summed E-state index contributed by atoms with van der Waals surface area (Å²) in [5, 5.41) is 5.26. The van der Waals surface area contributed by atoms with Crippen LogP contribution >= 0.6 is 0 Å². The third kappa shape index (κ3) is 2.28. The van der Waals surface area contributed by atoms with Gasteiger partial charge in [-0.1, -0.05) is 24.3 Å². The van der Waals surface area contributed by atoms with E-state index < -0.39 is 23.2 Å². The lowest BCUT2D eigenvalue weighted by Gasteiger charge is -2.70. The average Bonchev–Trinajstić information content (AvgIpc) is 2.37. The van der Waals surface area contributed by atoms with Crippen molar-refractivity contribution in [1.29, 1.82) is 0 Å². The van der Waals surface area contributed by atoms with Crippen molar-refractivity contribution in [2.45, 2.75) is 37.5 Å². The number of benzene rings is 1. The van der Waals surface area contributed by atoms with E-state index in [-0.39, 0.29) is 25.8 Å². The molecule has 0 aromatic heterocycles. The van der Waals surface area contributed by atoms with E-state index in [2.05, 4.69) is 15.5 Å². The summed E-state index contributed by atoms with van der Waals surface area (Å²) in [6.07, 6.45) is -4.24. The number of nitrogens with one attached hydrogen (secondary N) is 2. The number of amides is 2. The third-order valence-corrected chi connectivity index (χ3v) is 4.50. The van der Waals surface area contributed by atoms with Gasteiger partial charge in [0, 0.05) is 12.1 Å². The number of alkyl halides is 3. The van der Waals surface area contributed by atoms with E-state index in [1.165, 1.54) is 0 Å². The van der Waals surface area contributed by atoms with E-state index in [0.29, 0.717) is 5.69 Å². The standard InChI is InChI=1S/C15H14F3N3O/c1-19-11-4-2-3-10(5-11)6-20-12(22)21-14-7-13(8-14,9-14)15(16,17)18/h2-5H,6-9H2,(H2,20,21,22). The molecule has 0 aliphatic heterocycles. The molecule has 3 aliphatic rings. The highest BCUT2D eigenvalue weighted by atomic mass is 19.4. The van der Waals surface area contributed by atoms with E-state index >= 15 is 0 Å². The highest BCUT2D eigenvalue weighted by molar-refractivity contribution is 5.75. The van der Waals surface area contributed by atoms with Gasteiger partial charge in [0.15, 0.2) is 5.69 Å². The van der Waals surface area contributed by atoms with Crippen molar-refractivity contribution >= 4 is 11.7 Å². The number of nitrogens with zero attached hydrogens (tertiary/aromatic N) is 1. The van der Waals surface area contributed by atoms with E-state index in [0.717, 1.165) is 5.56 Å². The van der Waals surface area contributed by atoms with Gasteiger partial charge in [-0.2, -0.15) is 13.2 Å². The minimum atomic E-state index is -4.17. The van der Waals surface area contributed by atoms with Gasteiger partial charge in [0.25, 0.3) is 0 Å². The molecule has 0 spiro atoms. The summed E-state index contributed by atoms with van der Waals surface area (Å²) in [5.41, 5.74) is -0.999. The van der Waals surface area contributed by atoms with Gasteiger partial charge in [0.05, 0.1) is 12.0 Å². The first kappa shape index (κ1) is 14.7. The zero-order chi connectivity index (χ0) is 16.0. The first-order chi connectivity index (χ1) is 10.3. The van der Waals surface area contributed by atoms with Crippen LogP contribution in [0.15, 0.2) is 24.3 Å². The molecule has 116 valence electrons. The van der Waals surface area contributed by atoms with Crippen molar-refractivity contribution in [3.63, 3.8) is 0 Å². The third-order valence-electron chi connectivity index (χ3n) is 4.50. The van der Waals surface area contributed by atoms with Crippen molar-refractivity contribution in [2.75, 3.05) is 0 Å². The Morgan fingerprint density at radius 3 is 2.59 bits per heavy atom. The second kappa shape index (κ2) is 4.63. The number of hydrogen-bond donors (Lipinski definition) is 2. The fourth-order valence-corrected chi connectivity index (χ4v) is 3.42. The fraction of sp³-hybridized carbons (Fsp3) is 0.467. The predicted molar refractivity (Wildman–Crippen MR) is 73.1 cm³/mol. The van der Waals surface area contributed by atoms with E-state index in [9.17, 15) is 18.0 Å². The Kier molecular flexibility index (Phi) is 3.09. The Balaban J connectivity index is 1.48. The molecule has 2 bridgehead atoms. The van der Waals surface area contributed by atoms with Crippen LogP contribution in [0.25, 0.3) is 4.85 Å². The maximum Gasteiger partial charge on any atom is 0.394 e. The monoisotopic (exact) mass is 309 g/mol. The lowest BCUT2D eigenvalue weighted by molar-refractivity contribution is -0.336. The zero-order valence-corrected chi connectivity index (χ0v) is 11.6. The second-order valence-corrected chi connectivity index (χ2v) is 6.18. The number of carbonyl (C=O) groups excluding carboxylic acids is 1. The fourth-order valence-electron chi connectivity index (χ4n) is 3.42. The van der Waals surface area contributed by atoms with Gasteiger partial charge in [-0.05, 0) is 24.8 Å². The first-order valence-corrected chi connectivity index (χ1v) is 6.87. The van der Waals surface area contributed by atoms with Crippen LogP contribution in [0.2, 0.25) is 0 Å². The quantitative estimate of drug-likeness (QED) is 0.825. The molecule has 1 aromatic carbocycles. The van der Waals surface area contributed by atoms with E-state index in [4.69, 9.17) is 6.57 Å². The maximum absolute atomic E-state index is 12.7. The molecule has 3 aliphatic carbocycles. The van der Waals surface area contributed by atoms with Crippen LogP contribution in [-0.2, 0) is 6.54 Å². The summed E-state index contributed by atoms with van der Waals surface area (Å²) in [5.74, 6) is 0. The smallest absolute Gasteiger partial charge is 0.334 e. The van der Waals surface area contributed by atoms with Crippen LogP contribution in [0.1, 0.15) is 24.8 Å². The normalized spacial score (nSPS) is 28.8. The molecule has 4 rings (SSSR count). The minimum absolute atomic E-state index is 0.0237. The number of urea groups is 1. The Labute approximate surface area is 125 Å². The molecule has 1 aromatic rings. The van der Waals surface area contributed by atoms with Gasteiger partial charge in [0.2, 0.25) is 0 Å². The largest absolute Gasteiger partial charge is 0.394 e. The topological polar surface area (TPSA) is 45.5 Å². The van der Waals surface area contributed by atoms with Gasteiger partial charge in [-0.3, -0.25) is 0 Å². The number of carbonyl (C=O) groups is 1. The van der Waals surface area contributed by atoms with Crippen LogP contribution in [-0.4, -0.2) is 17.7 Å². The molecule has 3 saturated carbocycles. The minimum Gasteiger partial charge on any atom is -0.334 e. The second-order valence-electron chi connectivity index (χ2n) is 6.18. The van der Waals surface area contributed by atoms with Crippen LogP contribution < -0.4 is 10.6 Å². The van der Waals surface area contributed by atoms with E-state index in [1.807, 2.05) is 0 Å². The van der Waals surface area contributed by atoms with Crippen molar-refractivity contribution in [3.05, 3.63) is 41.2 Å². The molecule has 22 heavy (non-hydrogen) atoms. The molecule has 3 fully saturated rings. The molecule has 0 unspecified atom stereocenters. The molecular formula is C15H14F3N3O. The van der Waals surface area contributed by atoms with Gasteiger partial charge < -0.3 is 10.6 Å². The van der Waals surface area contributed by atoms with Crippen LogP contribution in [0, 0.1) is 12.0 Å². The van der Waals surface area contributed by atoms with Crippen molar-refractivity contribution in [1.82, 2.24) is 10.6 Å². The molecule has 4 nitrogen and oxygen atoms in total. The summed E-state index contributed by atoms with van der Waals surface area (Å²) >= 11 is 0. The van der Waals surface area contributed by atoms with Crippen molar-refractivity contribution < 1.29 is 18.0 Å². The SMILES string of the molecule is [C-]#[N+]c1cccc(CNC(=O)NC23CC(C(F)(F)F)(C2)C3)c1. The molecule has 7 heteroatoms. The van der Waals surface area contributed by atoms with Gasteiger partial charge >= 0.3 is 12.2 Å². The zero-order valence-electron chi connectivity index (χ0n) is 11.6.